The lowest BCUT2D eigenvalue weighted by atomic mass is 9.83. The molecule has 0 aromatic heterocycles. The van der Waals surface area contributed by atoms with E-state index >= 15 is 0 Å². The van der Waals surface area contributed by atoms with Crippen LogP contribution in [-0.2, 0) is 9.59 Å². The molecule has 23 heavy (non-hydrogen) atoms. The highest BCUT2D eigenvalue weighted by molar-refractivity contribution is 6.07. The van der Waals surface area contributed by atoms with Crippen molar-refractivity contribution in [3.05, 3.63) is 41.5 Å². The van der Waals surface area contributed by atoms with Crippen LogP contribution >= 0.6 is 0 Å². The van der Waals surface area contributed by atoms with Crippen molar-refractivity contribution in [2.24, 2.45) is 11.8 Å². The van der Waals surface area contributed by atoms with Gasteiger partial charge >= 0.3 is 0 Å². The molecule has 0 bridgehead atoms. The summed E-state index contributed by atoms with van der Waals surface area (Å²) in [6.45, 7) is 8.70. The lowest BCUT2D eigenvalue weighted by Gasteiger charge is -2.17. The molecule has 0 radical (unpaired) electrons. The number of imide groups is 1. The highest BCUT2D eigenvalue weighted by Gasteiger charge is 2.42. The summed E-state index contributed by atoms with van der Waals surface area (Å²) in [5.74, 6) is 0.107. The van der Waals surface area contributed by atoms with E-state index in [1.807, 2.05) is 44.2 Å². The number of hydrogen-bond donors (Lipinski definition) is 1. The molecule has 0 spiro atoms. The van der Waals surface area contributed by atoms with Gasteiger partial charge in [0.15, 0.2) is 0 Å². The molecule has 1 aliphatic rings. The third kappa shape index (κ3) is 4.44. The normalized spacial score (nSPS) is 20.6. The van der Waals surface area contributed by atoms with E-state index in [1.54, 1.807) is 0 Å². The largest absolute Gasteiger partial charge is 0.490 e. The Bertz CT molecular complexity index is 598. The van der Waals surface area contributed by atoms with Gasteiger partial charge in [-0.15, -0.1) is 0 Å². The van der Waals surface area contributed by atoms with Crippen LogP contribution in [0.4, 0.5) is 0 Å². The van der Waals surface area contributed by atoms with Crippen LogP contribution in [-0.4, -0.2) is 18.4 Å². The second-order valence-electron chi connectivity index (χ2n) is 6.73. The molecule has 2 amide bonds. The summed E-state index contributed by atoms with van der Waals surface area (Å²) in [7, 11) is 0. The van der Waals surface area contributed by atoms with E-state index in [9.17, 15) is 9.59 Å². The van der Waals surface area contributed by atoms with Gasteiger partial charge in [0.05, 0.1) is 11.8 Å². The van der Waals surface area contributed by atoms with Gasteiger partial charge in [-0.3, -0.25) is 14.9 Å². The monoisotopic (exact) mass is 315 g/mol. The maximum atomic E-state index is 12.1. The lowest BCUT2D eigenvalue weighted by Crippen LogP contribution is -2.22. The number of carbonyl (C=O) groups excluding carboxylic acids is 2. The Labute approximate surface area is 137 Å². The number of ether oxygens (including phenoxy) is 1. The van der Waals surface area contributed by atoms with Crippen LogP contribution in [0.25, 0.3) is 0 Å². The van der Waals surface area contributed by atoms with E-state index in [2.05, 4.69) is 19.2 Å². The average molecular weight is 315 g/mol. The Balaban J connectivity index is 2.12. The first-order valence-electron chi connectivity index (χ1n) is 8.09. The summed E-state index contributed by atoms with van der Waals surface area (Å²) in [6, 6.07) is 7.48. The van der Waals surface area contributed by atoms with Crippen molar-refractivity contribution in [1.82, 2.24) is 5.32 Å². The molecule has 1 saturated heterocycles. The molecule has 0 aliphatic carbocycles. The fourth-order valence-corrected chi connectivity index (χ4v) is 2.84. The summed E-state index contributed by atoms with van der Waals surface area (Å²) in [5, 5.41) is 2.47. The lowest BCUT2D eigenvalue weighted by molar-refractivity contribution is -0.126. The van der Waals surface area contributed by atoms with Crippen molar-refractivity contribution >= 4 is 11.8 Å². The second-order valence-corrected chi connectivity index (χ2v) is 6.73. The molecule has 4 heteroatoms. The molecule has 2 unspecified atom stereocenters. The van der Waals surface area contributed by atoms with Gasteiger partial charge in [0.2, 0.25) is 11.8 Å². The molecule has 2 rings (SSSR count). The molecule has 0 saturated carbocycles. The zero-order valence-corrected chi connectivity index (χ0v) is 14.3. The van der Waals surface area contributed by atoms with Gasteiger partial charge in [-0.25, -0.2) is 0 Å². The minimum Gasteiger partial charge on any atom is -0.490 e. The molecule has 1 aromatic rings. The quantitative estimate of drug-likeness (QED) is 0.646. The van der Waals surface area contributed by atoms with E-state index in [1.165, 1.54) is 5.57 Å². The van der Waals surface area contributed by atoms with Crippen molar-refractivity contribution in [3.63, 3.8) is 0 Å². The summed E-state index contributed by atoms with van der Waals surface area (Å²) in [5.41, 5.74) is 2.08. The molecule has 124 valence electrons. The smallest absolute Gasteiger partial charge is 0.234 e. The Kier molecular flexibility index (Phi) is 5.59. The van der Waals surface area contributed by atoms with Crippen molar-refractivity contribution in [1.29, 1.82) is 0 Å². The molecular weight excluding hydrogens is 290 g/mol. The first-order chi connectivity index (χ1) is 10.9. The van der Waals surface area contributed by atoms with Crippen LogP contribution in [0.5, 0.6) is 5.75 Å². The molecule has 2 atom stereocenters. The summed E-state index contributed by atoms with van der Waals surface area (Å²) >= 11 is 0. The first kappa shape index (κ1) is 17.3. The van der Waals surface area contributed by atoms with Gasteiger partial charge in [0.1, 0.15) is 12.4 Å². The molecular formula is C19H25NO3. The van der Waals surface area contributed by atoms with E-state index in [4.69, 9.17) is 4.74 Å². The number of benzene rings is 1. The van der Waals surface area contributed by atoms with Crippen molar-refractivity contribution in [2.75, 3.05) is 6.61 Å². The van der Waals surface area contributed by atoms with Gasteiger partial charge in [0, 0.05) is 0 Å². The highest BCUT2D eigenvalue weighted by Crippen LogP contribution is 2.34. The second kappa shape index (κ2) is 7.44. The van der Waals surface area contributed by atoms with Crippen LogP contribution in [0.2, 0.25) is 0 Å². The van der Waals surface area contributed by atoms with Crippen LogP contribution < -0.4 is 10.1 Å². The van der Waals surface area contributed by atoms with Gasteiger partial charge in [-0.1, -0.05) is 31.6 Å². The number of hydrogen-bond acceptors (Lipinski definition) is 3. The molecule has 1 aliphatic heterocycles. The fraction of sp³-hybridized carbons (Fsp3) is 0.474. The van der Waals surface area contributed by atoms with E-state index < -0.39 is 5.92 Å². The molecule has 1 aromatic carbocycles. The molecule has 1 heterocycles. The van der Waals surface area contributed by atoms with Crippen LogP contribution in [0.1, 0.15) is 45.6 Å². The van der Waals surface area contributed by atoms with E-state index in [0.29, 0.717) is 18.9 Å². The number of allylic oxidation sites excluding steroid dienone is 1. The first-order valence-corrected chi connectivity index (χ1v) is 8.09. The number of nitrogens with one attached hydrogen (secondary N) is 1. The summed E-state index contributed by atoms with van der Waals surface area (Å²) < 4.78 is 5.63. The Morgan fingerprint density at radius 1 is 1.17 bits per heavy atom. The standard InChI is InChI=1S/C19H25NO3/c1-12(2)9-10-23-15-7-5-14(6-8-15)17-16(11-13(3)4)18(21)20-19(17)22/h5-9,13,16-17H,10-11H2,1-4H3,(H,20,21,22). The Hall–Kier alpha value is -2.10. The third-order valence-electron chi connectivity index (χ3n) is 3.97. The molecule has 1 fully saturated rings. The van der Waals surface area contributed by atoms with E-state index in [0.717, 1.165) is 11.3 Å². The van der Waals surface area contributed by atoms with Crippen LogP contribution in [0.3, 0.4) is 0 Å². The van der Waals surface area contributed by atoms with E-state index in [-0.39, 0.29) is 17.7 Å². The van der Waals surface area contributed by atoms with Crippen molar-refractivity contribution < 1.29 is 14.3 Å². The zero-order valence-electron chi connectivity index (χ0n) is 14.3. The number of carbonyl (C=O) groups is 2. The van der Waals surface area contributed by atoms with Crippen molar-refractivity contribution in [3.8, 4) is 5.75 Å². The maximum Gasteiger partial charge on any atom is 0.234 e. The zero-order chi connectivity index (χ0) is 17.0. The maximum absolute atomic E-state index is 12.1. The SMILES string of the molecule is CC(C)=CCOc1ccc(C2C(=O)NC(=O)C2CC(C)C)cc1. The third-order valence-corrected chi connectivity index (χ3v) is 3.97. The van der Waals surface area contributed by atoms with Gasteiger partial charge in [-0.05, 0) is 50.0 Å². The van der Waals surface area contributed by atoms with Crippen molar-refractivity contribution in [2.45, 2.75) is 40.0 Å². The van der Waals surface area contributed by atoms with Crippen LogP contribution in [0.15, 0.2) is 35.9 Å². The molecule has 1 N–H and O–H groups in total. The number of rotatable bonds is 6. The summed E-state index contributed by atoms with van der Waals surface area (Å²) in [4.78, 5) is 24.2. The Morgan fingerprint density at radius 2 is 1.83 bits per heavy atom. The average Bonchev–Trinajstić information content (AvgIpc) is 2.73. The highest BCUT2D eigenvalue weighted by atomic mass is 16.5. The van der Waals surface area contributed by atoms with Gasteiger partial charge in [-0.2, -0.15) is 0 Å². The minimum atomic E-state index is -0.392. The number of amides is 2. The summed E-state index contributed by atoms with van der Waals surface area (Å²) in [6.07, 6.45) is 2.72. The predicted molar refractivity (Wildman–Crippen MR) is 90.2 cm³/mol. The predicted octanol–water partition coefficient (Wildman–Crippen LogP) is 3.43. The van der Waals surface area contributed by atoms with Crippen LogP contribution in [0, 0.1) is 11.8 Å². The topological polar surface area (TPSA) is 55.4 Å². The van der Waals surface area contributed by atoms with Gasteiger partial charge < -0.3 is 4.74 Å². The minimum absolute atomic E-state index is 0.155. The fourth-order valence-electron chi connectivity index (χ4n) is 2.84. The Morgan fingerprint density at radius 3 is 2.39 bits per heavy atom. The molecule has 4 nitrogen and oxygen atoms in total. The van der Waals surface area contributed by atoms with Gasteiger partial charge in [0.25, 0.3) is 0 Å².